The molecular weight excluding hydrogens is 200 g/mol. The van der Waals surface area contributed by atoms with E-state index >= 15 is 0 Å². The number of rotatable bonds is 5. The molecule has 0 aromatic heterocycles. The zero-order valence-corrected chi connectivity index (χ0v) is 10.2. The molecule has 0 aromatic carbocycles. The van der Waals surface area contributed by atoms with Crippen LogP contribution >= 0.6 is 0 Å². The summed E-state index contributed by atoms with van der Waals surface area (Å²) in [6.07, 6.45) is 0.212. The fourth-order valence-corrected chi connectivity index (χ4v) is 1.45. The van der Waals surface area contributed by atoms with Crippen LogP contribution in [0.3, 0.4) is 0 Å². The number of ether oxygens (including phenoxy) is 1. The van der Waals surface area contributed by atoms with Crippen molar-refractivity contribution in [3.05, 3.63) is 12.2 Å². The van der Waals surface area contributed by atoms with Crippen molar-refractivity contribution in [2.24, 2.45) is 5.92 Å². The predicted molar refractivity (Wildman–Crippen MR) is 55.2 cm³/mol. The summed E-state index contributed by atoms with van der Waals surface area (Å²) < 4.78 is 9.71. The Bertz CT molecular complexity index is 235. The summed E-state index contributed by atoms with van der Waals surface area (Å²) in [5.41, 5.74) is 0.356. The number of hydrogen-bond acceptors (Lipinski definition) is 4. The maximum absolute atomic E-state index is 11.0. The summed E-state index contributed by atoms with van der Waals surface area (Å²) in [7, 11) is -1.09. The van der Waals surface area contributed by atoms with Gasteiger partial charge in [-0.05, 0) is 6.92 Å². The first-order chi connectivity index (χ1) is 6.45. The molecular formula is C9H16O4Si. The van der Waals surface area contributed by atoms with Gasteiger partial charge in [-0.2, -0.15) is 0 Å². The van der Waals surface area contributed by atoms with E-state index in [2.05, 4.69) is 6.58 Å². The lowest BCUT2D eigenvalue weighted by Crippen LogP contribution is -2.19. The molecule has 0 aromatic rings. The van der Waals surface area contributed by atoms with Crippen molar-refractivity contribution in [3.63, 3.8) is 0 Å². The highest BCUT2D eigenvalue weighted by atomic mass is 28.2. The molecule has 14 heavy (non-hydrogen) atoms. The molecule has 4 nitrogen and oxygen atoms in total. The van der Waals surface area contributed by atoms with E-state index in [9.17, 15) is 9.59 Å². The van der Waals surface area contributed by atoms with Crippen molar-refractivity contribution < 1.29 is 18.8 Å². The van der Waals surface area contributed by atoms with Gasteiger partial charge in [-0.3, -0.25) is 4.79 Å². The van der Waals surface area contributed by atoms with Crippen LogP contribution in [0.5, 0.6) is 0 Å². The SMILES string of the molecule is C=C(C)C(=O)OC[SiH2]OC(=O)C(C)C. The molecule has 0 atom stereocenters. The minimum atomic E-state index is -1.09. The van der Waals surface area contributed by atoms with Gasteiger partial charge in [-0.25, -0.2) is 4.79 Å². The van der Waals surface area contributed by atoms with Crippen molar-refractivity contribution in [3.8, 4) is 0 Å². The number of carbonyl (C=O) groups is 2. The van der Waals surface area contributed by atoms with Gasteiger partial charge in [0.1, 0.15) is 6.23 Å². The van der Waals surface area contributed by atoms with E-state index in [1.165, 1.54) is 0 Å². The fraction of sp³-hybridized carbons (Fsp3) is 0.556. The van der Waals surface area contributed by atoms with Gasteiger partial charge in [0.25, 0.3) is 15.7 Å². The highest BCUT2D eigenvalue weighted by Gasteiger charge is 2.08. The Balaban J connectivity index is 3.52. The zero-order valence-electron chi connectivity index (χ0n) is 8.83. The number of hydrogen-bond donors (Lipinski definition) is 0. The van der Waals surface area contributed by atoms with Crippen LogP contribution in [-0.4, -0.2) is 27.9 Å². The standard InChI is InChI=1S/C9H16O4Si/c1-6(2)8(10)12-5-14-13-9(11)7(3)4/h7H,1,5,14H2,2-4H3. The van der Waals surface area contributed by atoms with Crippen molar-refractivity contribution >= 4 is 21.7 Å². The smallest absolute Gasteiger partial charge is 0.332 e. The molecule has 0 bridgehead atoms. The highest BCUT2D eigenvalue weighted by Crippen LogP contribution is 1.95. The van der Waals surface area contributed by atoms with Gasteiger partial charge in [0.05, 0.1) is 0 Å². The average Bonchev–Trinajstić information content (AvgIpc) is 2.11. The van der Waals surface area contributed by atoms with E-state index in [4.69, 9.17) is 9.16 Å². The Kier molecular flexibility index (Phi) is 5.86. The third kappa shape index (κ3) is 5.53. The lowest BCUT2D eigenvalue weighted by molar-refractivity contribution is -0.140. The van der Waals surface area contributed by atoms with Crippen LogP contribution in [0.4, 0.5) is 0 Å². The van der Waals surface area contributed by atoms with E-state index in [0.29, 0.717) is 5.57 Å². The monoisotopic (exact) mass is 216 g/mol. The first-order valence-corrected chi connectivity index (χ1v) is 6.02. The number of esters is 1. The first kappa shape index (κ1) is 12.9. The molecule has 0 saturated heterocycles. The molecule has 0 rings (SSSR count). The van der Waals surface area contributed by atoms with Gasteiger partial charge < -0.3 is 9.16 Å². The largest absolute Gasteiger partial charge is 0.521 e. The molecule has 0 aliphatic heterocycles. The normalized spacial score (nSPS) is 10.6. The molecule has 0 saturated carbocycles. The summed E-state index contributed by atoms with van der Waals surface area (Å²) in [6, 6.07) is 0. The van der Waals surface area contributed by atoms with Crippen LogP contribution in [0.1, 0.15) is 20.8 Å². The minimum absolute atomic E-state index is 0.126. The summed E-state index contributed by atoms with van der Waals surface area (Å²) in [5.74, 6) is -0.791. The Labute approximate surface area is 86.2 Å². The molecule has 80 valence electrons. The lowest BCUT2D eigenvalue weighted by atomic mass is 10.2. The molecule has 0 fully saturated rings. The summed E-state index contributed by atoms with van der Waals surface area (Å²) >= 11 is 0. The molecule has 0 aliphatic carbocycles. The van der Waals surface area contributed by atoms with Crippen LogP contribution in [-0.2, 0) is 18.8 Å². The van der Waals surface area contributed by atoms with Crippen LogP contribution in [0.25, 0.3) is 0 Å². The predicted octanol–water partition coefficient (Wildman–Crippen LogP) is 0.346. The summed E-state index contributed by atoms with van der Waals surface area (Å²) in [5, 5.41) is 0. The Hall–Kier alpha value is -1.10. The van der Waals surface area contributed by atoms with E-state index in [-0.39, 0.29) is 18.1 Å². The van der Waals surface area contributed by atoms with Gasteiger partial charge in [-0.15, -0.1) is 0 Å². The van der Waals surface area contributed by atoms with E-state index in [1.807, 2.05) is 0 Å². The van der Waals surface area contributed by atoms with E-state index in [0.717, 1.165) is 0 Å². The Morgan fingerprint density at radius 3 is 2.43 bits per heavy atom. The molecule has 0 radical (unpaired) electrons. The van der Waals surface area contributed by atoms with E-state index < -0.39 is 15.7 Å². The van der Waals surface area contributed by atoms with Gasteiger partial charge in [0.2, 0.25) is 0 Å². The van der Waals surface area contributed by atoms with Crippen LogP contribution in [0.2, 0.25) is 0 Å². The Morgan fingerprint density at radius 1 is 1.43 bits per heavy atom. The molecule has 0 N–H and O–H groups in total. The fourth-order valence-electron chi connectivity index (χ4n) is 0.566. The molecule has 0 unspecified atom stereocenters. The summed E-state index contributed by atoms with van der Waals surface area (Å²) in [4.78, 5) is 21.9. The van der Waals surface area contributed by atoms with Gasteiger partial charge >= 0.3 is 5.97 Å². The maximum Gasteiger partial charge on any atom is 0.332 e. The molecule has 5 heteroatoms. The van der Waals surface area contributed by atoms with Crippen molar-refractivity contribution in [1.29, 1.82) is 0 Å². The second-order valence-electron chi connectivity index (χ2n) is 3.24. The van der Waals surface area contributed by atoms with Gasteiger partial charge in [0, 0.05) is 11.5 Å². The maximum atomic E-state index is 11.0. The van der Waals surface area contributed by atoms with Crippen molar-refractivity contribution in [1.82, 2.24) is 0 Å². The Morgan fingerprint density at radius 2 is 2.00 bits per heavy atom. The number of carbonyl (C=O) groups excluding carboxylic acids is 2. The second-order valence-corrected chi connectivity index (χ2v) is 4.34. The molecule has 0 heterocycles. The minimum Gasteiger partial charge on any atom is -0.521 e. The summed E-state index contributed by atoms with van der Waals surface area (Å²) in [6.45, 7) is 8.52. The van der Waals surface area contributed by atoms with Crippen LogP contribution < -0.4 is 0 Å². The highest BCUT2D eigenvalue weighted by molar-refractivity contribution is 6.30. The quantitative estimate of drug-likeness (QED) is 0.288. The first-order valence-electron chi connectivity index (χ1n) is 4.44. The molecule has 0 spiro atoms. The van der Waals surface area contributed by atoms with Crippen molar-refractivity contribution in [2.75, 3.05) is 6.23 Å². The topological polar surface area (TPSA) is 52.6 Å². The zero-order chi connectivity index (χ0) is 11.1. The van der Waals surface area contributed by atoms with E-state index in [1.54, 1.807) is 20.8 Å². The molecule has 0 amide bonds. The van der Waals surface area contributed by atoms with Crippen LogP contribution in [0, 0.1) is 5.92 Å². The molecule has 0 aliphatic rings. The van der Waals surface area contributed by atoms with Crippen LogP contribution in [0.15, 0.2) is 12.2 Å². The lowest BCUT2D eigenvalue weighted by Gasteiger charge is -2.07. The third-order valence-electron chi connectivity index (χ3n) is 1.38. The van der Waals surface area contributed by atoms with Gasteiger partial charge in [-0.1, -0.05) is 20.4 Å². The third-order valence-corrected chi connectivity index (χ3v) is 2.24. The average molecular weight is 216 g/mol. The van der Waals surface area contributed by atoms with Gasteiger partial charge in [0.15, 0.2) is 0 Å². The second kappa shape index (κ2) is 6.37. The van der Waals surface area contributed by atoms with Crippen molar-refractivity contribution in [2.45, 2.75) is 20.8 Å².